The fourth-order valence-electron chi connectivity index (χ4n) is 7.57. The number of benzene rings is 2. The molecule has 0 unspecified atom stereocenters. The maximum absolute atomic E-state index is 14.5. The number of anilines is 2. The van der Waals surface area contributed by atoms with Crippen molar-refractivity contribution in [2.24, 2.45) is 23.7 Å². The van der Waals surface area contributed by atoms with Crippen LogP contribution >= 0.6 is 11.3 Å². The molecule has 3 heterocycles. The molecular weight excluding hydrogens is 755 g/mol. The molecule has 2 aromatic carbocycles. The first-order valence-corrected chi connectivity index (χ1v) is 20.1. The average molecular weight is 810 g/mol. The summed E-state index contributed by atoms with van der Waals surface area (Å²) in [6.45, 7) is 15.5. The van der Waals surface area contributed by atoms with Crippen LogP contribution in [0, 0.1) is 30.6 Å². The van der Waals surface area contributed by atoms with E-state index in [1.165, 1.54) is 38.6 Å². The van der Waals surface area contributed by atoms with E-state index in [4.69, 9.17) is 23.9 Å². The molecular formula is C42H55N3O11S. The number of unbranched alkanes of at least 4 members (excludes halogenated alkanes) is 1. The van der Waals surface area contributed by atoms with Crippen molar-refractivity contribution < 1.29 is 53.8 Å². The zero-order chi connectivity index (χ0) is 42.1. The third-order valence-electron chi connectivity index (χ3n) is 11.2. The molecule has 0 fully saturated rings. The highest BCUT2D eigenvalue weighted by atomic mass is 32.1. The number of rotatable bonds is 6. The van der Waals surface area contributed by atoms with E-state index in [1.54, 1.807) is 65.8 Å². The van der Waals surface area contributed by atoms with Crippen LogP contribution in [-0.4, -0.2) is 86.9 Å². The van der Waals surface area contributed by atoms with Gasteiger partial charge in [0.25, 0.3) is 11.7 Å². The van der Waals surface area contributed by atoms with Gasteiger partial charge >= 0.3 is 11.8 Å². The highest BCUT2D eigenvalue weighted by Gasteiger charge is 2.49. The fraction of sp³-hybridized carbons (Fsp3) is 0.524. The number of fused-ring (bicyclic) bond motifs is 1. The molecule has 0 spiro atoms. The molecule has 3 aromatic rings. The van der Waals surface area contributed by atoms with Crippen LogP contribution in [0.4, 0.5) is 10.8 Å². The Hall–Kier alpha value is -4.70. The number of carbonyl (C=O) groups excluding carboxylic acids is 3. The number of hydrogen-bond donors (Lipinski definition) is 6. The molecule has 2 aliphatic rings. The minimum Gasteiger partial charge on any atom is -0.507 e. The largest absolute Gasteiger partial charge is 0.507 e. The number of phenolic OH excluding ortho intramolecular Hbond substituents is 2. The first kappa shape index (κ1) is 43.4. The van der Waals surface area contributed by atoms with Crippen molar-refractivity contribution in [3.05, 3.63) is 47.3 Å². The Labute approximate surface area is 336 Å². The summed E-state index contributed by atoms with van der Waals surface area (Å²) in [5, 5.41) is 53.0. The number of aromatic hydroxyl groups is 2. The summed E-state index contributed by atoms with van der Waals surface area (Å²) in [5.41, 5.74) is 0.704. The van der Waals surface area contributed by atoms with E-state index in [0.717, 1.165) is 12.8 Å². The number of nitrogens with one attached hydrogen (secondary N) is 2. The molecule has 0 radical (unpaired) electrons. The summed E-state index contributed by atoms with van der Waals surface area (Å²) >= 11 is 1.18. The number of aliphatic hydroxyl groups is 2. The smallest absolute Gasteiger partial charge is 0.312 e. The number of esters is 1. The Morgan fingerprint density at radius 3 is 2.39 bits per heavy atom. The quantitative estimate of drug-likeness (QED) is 0.0856. The number of aromatic nitrogens is 1. The maximum atomic E-state index is 14.5. The van der Waals surface area contributed by atoms with Crippen molar-refractivity contribution in [1.29, 1.82) is 0 Å². The molecule has 0 aliphatic carbocycles. The molecule has 57 heavy (non-hydrogen) atoms. The van der Waals surface area contributed by atoms with Crippen molar-refractivity contribution in [1.82, 2.24) is 4.98 Å². The summed E-state index contributed by atoms with van der Waals surface area (Å²) in [4.78, 5) is 45.4. The van der Waals surface area contributed by atoms with E-state index in [2.05, 4.69) is 17.6 Å². The predicted molar refractivity (Wildman–Crippen MR) is 219 cm³/mol. The van der Waals surface area contributed by atoms with Gasteiger partial charge in [-0.05, 0) is 26.3 Å². The number of ether oxygens (including phenoxy) is 4. The minimum atomic E-state index is -1.94. The molecule has 2 aliphatic heterocycles. The second kappa shape index (κ2) is 17.4. The number of aliphatic hydroxyl groups excluding tert-OH is 2. The Morgan fingerprint density at radius 2 is 1.74 bits per heavy atom. The number of thiazole rings is 1. The van der Waals surface area contributed by atoms with Crippen molar-refractivity contribution >= 4 is 60.8 Å². The molecule has 0 saturated carbocycles. The highest BCUT2D eigenvalue weighted by Crippen LogP contribution is 2.55. The summed E-state index contributed by atoms with van der Waals surface area (Å²) in [7, 11) is 1.46. The van der Waals surface area contributed by atoms with Gasteiger partial charge in [-0.25, -0.2) is 4.98 Å². The summed E-state index contributed by atoms with van der Waals surface area (Å²) in [5.74, 6) is -6.82. The Balaban J connectivity index is 1.72. The van der Waals surface area contributed by atoms with Crippen LogP contribution in [0.1, 0.15) is 84.2 Å². The Morgan fingerprint density at radius 1 is 1.04 bits per heavy atom. The molecule has 4 bridgehead atoms. The lowest BCUT2D eigenvalue weighted by Crippen LogP contribution is -2.46. The van der Waals surface area contributed by atoms with Gasteiger partial charge in [0.1, 0.15) is 23.3 Å². The first-order valence-electron chi connectivity index (χ1n) is 19.3. The van der Waals surface area contributed by atoms with E-state index in [-0.39, 0.29) is 50.2 Å². The van der Waals surface area contributed by atoms with Crippen LogP contribution in [0.5, 0.6) is 17.2 Å². The topological polar surface area (TPSA) is 206 Å². The molecule has 310 valence electrons. The molecule has 14 nitrogen and oxygen atoms in total. The number of nitrogens with zero attached hydrogens (tertiary/aromatic N) is 1. The summed E-state index contributed by atoms with van der Waals surface area (Å²) in [6, 6.07) is 0. The third kappa shape index (κ3) is 8.34. The zero-order valence-electron chi connectivity index (χ0n) is 34.1. The van der Waals surface area contributed by atoms with Gasteiger partial charge in [-0.15, -0.1) is 0 Å². The average Bonchev–Trinajstić information content (AvgIpc) is 3.71. The zero-order valence-corrected chi connectivity index (χ0v) is 34.9. The van der Waals surface area contributed by atoms with Gasteiger partial charge in [0.05, 0.1) is 45.7 Å². The van der Waals surface area contributed by atoms with Crippen LogP contribution in [0.15, 0.2) is 36.1 Å². The van der Waals surface area contributed by atoms with Gasteiger partial charge in [-0.3, -0.25) is 14.4 Å². The SMILES string of the molecule is CCCCNc1nc2c(s1)c1c(O)c3c(O)c(C)c4c(c32)C(=O)[C@@](C)(O/C=C/[C@H](OC)[C@@H](C)[C@@H](OC(C)=O)[C@H](C)[C@H](O)[C@H](C)[C@@H](O)[C@@H](C)/C=C/C=C(/C)C(=O)N1)O4. The van der Waals surface area contributed by atoms with Gasteiger partial charge < -0.3 is 50.0 Å². The van der Waals surface area contributed by atoms with Gasteiger partial charge in [0, 0.05) is 67.7 Å². The van der Waals surface area contributed by atoms with E-state index >= 15 is 0 Å². The second-order valence-corrected chi connectivity index (χ2v) is 16.3. The molecule has 9 atom stereocenters. The number of hydrogen-bond acceptors (Lipinski definition) is 14. The molecule has 1 aromatic heterocycles. The highest BCUT2D eigenvalue weighted by molar-refractivity contribution is 7.23. The second-order valence-electron chi connectivity index (χ2n) is 15.3. The normalized spacial score (nSPS) is 30.7. The Bertz CT molecular complexity index is 2130. The van der Waals surface area contributed by atoms with Crippen LogP contribution in [0.25, 0.3) is 21.0 Å². The standard InChI is InChI=1S/C42H55N3O11S/c1-11-12-17-43-41-45-30-27-28-34(49)24(7)37-29(27)39(51)42(9,56-37)54-18-16-26(53-10)21(4)36(55-25(8)46)23(6)33(48)22(5)32(47)19(2)14-13-15-20(3)40(52)44-31(35(28)50)38(30)57-41/h13-16,18-19,21-23,26,32-33,36,47-50H,11-12,17H2,1-10H3,(H,43,45)(H,44,52)/b14-13+,18-16+,20-15-/t19-,21+,22+,23+,26-,32-,33+,36+,42-/m0/s1. The summed E-state index contributed by atoms with van der Waals surface area (Å²) in [6.07, 6.45) is 5.72. The molecule has 0 saturated heterocycles. The number of phenols is 2. The number of methoxy groups -OCH3 is 1. The third-order valence-corrected chi connectivity index (χ3v) is 12.2. The van der Waals surface area contributed by atoms with E-state index < -0.39 is 77.3 Å². The van der Waals surface area contributed by atoms with Gasteiger partial charge in [0.15, 0.2) is 10.9 Å². The summed E-state index contributed by atoms with van der Waals surface area (Å²) < 4.78 is 24.1. The van der Waals surface area contributed by atoms with Crippen LogP contribution < -0.4 is 15.4 Å². The van der Waals surface area contributed by atoms with Gasteiger partial charge in [0.2, 0.25) is 0 Å². The number of amides is 1. The molecule has 1 amide bonds. The molecule has 5 rings (SSSR count). The minimum absolute atomic E-state index is 0.00481. The monoisotopic (exact) mass is 809 g/mol. The van der Waals surface area contributed by atoms with E-state index in [0.29, 0.717) is 16.4 Å². The first-order chi connectivity index (χ1) is 26.9. The fourth-order valence-corrected chi connectivity index (χ4v) is 8.57. The van der Waals surface area contributed by atoms with Gasteiger partial charge in [-0.1, -0.05) is 70.6 Å². The molecule has 15 heteroatoms. The van der Waals surface area contributed by atoms with E-state index in [1.807, 2.05) is 0 Å². The lowest BCUT2D eigenvalue weighted by atomic mass is 9.78. The van der Waals surface area contributed by atoms with Crippen LogP contribution in [-0.2, 0) is 23.8 Å². The molecule has 6 N–H and O–H groups in total. The lowest BCUT2D eigenvalue weighted by molar-refractivity contribution is -0.160. The van der Waals surface area contributed by atoms with Crippen molar-refractivity contribution in [3.8, 4) is 17.2 Å². The number of Topliss-reactive ketones (excluding diaryl/α,β-unsaturated/α-hetero) is 1. The van der Waals surface area contributed by atoms with Gasteiger partial charge in [-0.2, -0.15) is 0 Å². The van der Waals surface area contributed by atoms with Crippen LogP contribution in [0.3, 0.4) is 0 Å². The lowest BCUT2D eigenvalue weighted by Gasteiger charge is -2.38. The van der Waals surface area contributed by atoms with Crippen molar-refractivity contribution in [2.45, 2.75) is 105 Å². The number of allylic oxidation sites excluding steroid dienone is 2. The van der Waals surface area contributed by atoms with Crippen molar-refractivity contribution in [2.75, 3.05) is 24.3 Å². The number of carbonyl (C=O) groups is 3. The maximum Gasteiger partial charge on any atom is 0.312 e. The number of ketones is 1. The van der Waals surface area contributed by atoms with E-state index in [9.17, 15) is 34.8 Å². The Kier molecular flexibility index (Phi) is 13.3. The van der Waals surface area contributed by atoms with Crippen molar-refractivity contribution in [3.63, 3.8) is 0 Å². The van der Waals surface area contributed by atoms with Crippen LogP contribution in [0.2, 0.25) is 0 Å². The predicted octanol–water partition coefficient (Wildman–Crippen LogP) is 6.87.